The van der Waals surface area contributed by atoms with Crippen molar-refractivity contribution in [2.75, 3.05) is 11.9 Å². The second-order valence-electron chi connectivity index (χ2n) is 2.66. The normalized spacial score (nSPS) is 14.6. The minimum atomic E-state index is 0.358. The molecule has 0 unspecified atom stereocenters. The van der Waals surface area contributed by atoms with Crippen molar-refractivity contribution < 1.29 is 5.11 Å². The Hall–Kier alpha value is -0.960. The van der Waals surface area contributed by atoms with Crippen LogP contribution >= 0.6 is 15.9 Å². The van der Waals surface area contributed by atoms with Crippen LogP contribution in [0.2, 0.25) is 0 Å². The van der Waals surface area contributed by atoms with E-state index in [0.29, 0.717) is 12.3 Å². The minimum Gasteiger partial charge on any atom is -0.508 e. The van der Waals surface area contributed by atoms with Crippen molar-refractivity contribution in [2.24, 2.45) is 0 Å². The molecule has 0 saturated heterocycles. The first-order chi connectivity index (χ1) is 5.77. The smallest absolute Gasteiger partial charge is 0.122 e. The van der Waals surface area contributed by atoms with Gasteiger partial charge in [0.25, 0.3) is 0 Å². The maximum absolute atomic E-state index is 9.46. The lowest BCUT2D eigenvalue weighted by molar-refractivity contribution is 0.509. The predicted molar refractivity (Wildman–Crippen MR) is 53.2 cm³/mol. The molecule has 0 bridgehead atoms. The molecule has 1 aliphatic rings. The van der Waals surface area contributed by atoms with Crippen molar-refractivity contribution in [2.45, 2.75) is 0 Å². The van der Waals surface area contributed by atoms with Gasteiger partial charge in [0.15, 0.2) is 0 Å². The van der Waals surface area contributed by atoms with Crippen LogP contribution in [-0.2, 0) is 0 Å². The molecule has 0 atom stereocenters. The first-order valence-corrected chi connectivity index (χ1v) is 4.49. The van der Waals surface area contributed by atoms with Crippen LogP contribution < -0.4 is 5.32 Å². The van der Waals surface area contributed by atoms with Crippen LogP contribution in [0.5, 0.6) is 0 Å². The molecule has 0 spiro atoms. The predicted octanol–water partition coefficient (Wildman–Crippen LogP) is 2.77. The van der Waals surface area contributed by atoms with Crippen LogP contribution in [0.1, 0.15) is 5.56 Å². The van der Waals surface area contributed by atoms with E-state index >= 15 is 0 Å². The highest BCUT2D eigenvalue weighted by atomic mass is 79.9. The molecule has 0 aromatic heterocycles. The third-order valence-corrected chi connectivity index (χ3v) is 2.34. The highest BCUT2D eigenvalue weighted by Gasteiger charge is 2.10. The standard InChI is InChI=1S/C9H8BrNO/c10-6-1-2-7-8(5-6)11-4-3-9(7)12/h1-3,5,11-12H,4H2. The van der Waals surface area contributed by atoms with Crippen LogP contribution in [-0.4, -0.2) is 11.7 Å². The maximum atomic E-state index is 9.46. The van der Waals surface area contributed by atoms with Gasteiger partial charge < -0.3 is 10.4 Å². The van der Waals surface area contributed by atoms with Gasteiger partial charge in [0.2, 0.25) is 0 Å². The van der Waals surface area contributed by atoms with E-state index in [2.05, 4.69) is 21.2 Å². The van der Waals surface area contributed by atoms with Gasteiger partial charge in [-0.05, 0) is 24.3 Å². The summed E-state index contributed by atoms with van der Waals surface area (Å²) in [5.74, 6) is 0.358. The summed E-state index contributed by atoms with van der Waals surface area (Å²) < 4.78 is 1.02. The Morgan fingerprint density at radius 1 is 1.42 bits per heavy atom. The van der Waals surface area contributed by atoms with Crippen molar-refractivity contribution in [1.82, 2.24) is 0 Å². The zero-order valence-electron chi connectivity index (χ0n) is 6.34. The zero-order chi connectivity index (χ0) is 8.55. The molecule has 2 rings (SSSR count). The SMILES string of the molecule is OC1=CCNc2cc(Br)ccc21. The molecule has 1 aliphatic heterocycles. The van der Waals surface area contributed by atoms with Crippen LogP contribution in [0.25, 0.3) is 5.76 Å². The lowest BCUT2D eigenvalue weighted by Crippen LogP contribution is -2.07. The number of benzene rings is 1. The van der Waals surface area contributed by atoms with Crippen molar-refractivity contribution >= 4 is 27.4 Å². The fourth-order valence-corrected chi connectivity index (χ4v) is 1.61. The van der Waals surface area contributed by atoms with E-state index in [9.17, 15) is 5.11 Å². The van der Waals surface area contributed by atoms with E-state index in [1.807, 2.05) is 18.2 Å². The molecule has 2 nitrogen and oxygen atoms in total. The van der Waals surface area contributed by atoms with Gasteiger partial charge in [-0.15, -0.1) is 0 Å². The Labute approximate surface area is 79.0 Å². The largest absolute Gasteiger partial charge is 0.508 e. The van der Waals surface area contributed by atoms with Gasteiger partial charge in [-0.2, -0.15) is 0 Å². The number of hydrogen-bond donors (Lipinski definition) is 2. The number of aliphatic hydroxyl groups excluding tert-OH is 1. The van der Waals surface area contributed by atoms with Gasteiger partial charge in [0.1, 0.15) is 5.76 Å². The first kappa shape index (κ1) is 7.68. The van der Waals surface area contributed by atoms with Crippen LogP contribution in [0.3, 0.4) is 0 Å². The molecule has 0 radical (unpaired) electrons. The van der Waals surface area contributed by atoms with E-state index in [0.717, 1.165) is 15.7 Å². The Morgan fingerprint density at radius 3 is 3.08 bits per heavy atom. The van der Waals surface area contributed by atoms with Crippen LogP contribution in [0.15, 0.2) is 28.7 Å². The lowest BCUT2D eigenvalue weighted by atomic mass is 10.1. The maximum Gasteiger partial charge on any atom is 0.122 e. The number of nitrogens with one attached hydrogen (secondary N) is 1. The molecule has 1 aromatic carbocycles. The minimum absolute atomic E-state index is 0.358. The molecule has 12 heavy (non-hydrogen) atoms. The summed E-state index contributed by atoms with van der Waals surface area (Å²) in [4.78, 5) is 0. The van der Waals surface area contributed by atoms with E-state index in [1.165, 1.54) is 0 Å². The van der Waals surface area contributed by atoms with Gasteiger partial charge in [-0.25, -0.2) is 0 Å². The van der Waals surface area contributed by atoms with Gasteiger partial charge in [0.05, 0.1) is 0 Å². The van der Waals surface area contributed by atoms with Gasteiger partial charge in [0, 0.05) is 22.3 Å². The fraction of sp³-hybridized carbons (Fsp3) is 0.111. The monoisotopic (exact) mass is 225 g/mol. The van der Waals surface area contributed by atoms with E-state index in [1.54, 1.807) is 6.08 Å². The topological polar surface area (TPSA) is 32.3 Å². The Balaban J connectivity index is 2.56. The number of hydrogen-bond acceptors (Lipinski definition) is 2. The molecular formula is C9H8BrNO. The Bertz CT molecular complexity index is 346. The van der Waals surface area contributed by atoms with Crippen LogP contribution in [0, 0.1) is 0 Å². The van der Waals surface area contributed by atoms with Gasteiger partial charge in [-0.1, -0.05) is 15.9 Å². The average molecular weight is 226 g/mol. The van der Waals surface area contributed by atoms with Crippen LogP contribution in [0.4, 0.5) is 5.69 Å². The molecule has 0 aliphatic carbocycles. The van der Waals surface area contributed by atoms with Gasteiger partial charge >= 0.3 is 0 Å². The number of aliphatic hydroxyl groups is 1. The fourth-order valence-electron chi connectivity index (χ4n) is 1.25. The number of anilines is 1. The molecule has 1 aromatic rings. The Morgan fingerprint density at radius 2 is 2.25 bits per heavy atom. The molecular weight excluding hydrogens is 218 g/mol. The highest BCUT2D eigenvalue weighted by molar-refractivity contribution is 9.10. The van der Waals surface area contributed by atoms with Crippen molar-refractivity contribution in [3.8, 4) is 0 Å². The number of fused-ring (bicyclic) bond motifs is 1. The molecule has 1 heterocycles. The first-order valence-electron chi connectivity index (χ1n) is 3.70. The van der Waals surface area contributed by atoms with E-state index < -0.39 is 0 Å². The lowest BCUT2D eigenvalue weighted by Gasteiger charge is -2.15. The Kier molecular flexibility index (Phi) is 1.81. The number of halogens is 1. The highest BCUT2D eigenvalue weighted by Crippen LogP contribution is 2.28. The summed E-state index contributed by atoms with van der Waals surface area (Å²) in [7, 11) is 0. The molecule has 3 heteroatoms. The summed E-state index contributed by atoms with van der Waals surface area (Å²) in [6.45, 7) is 0.690. The molecule has 0 fully saturated rings. The summed E-state index contributed by atoms with van der Waals surface area (Å²) in [5.41, 5.74) is 1.84. The van der Waals surface area contributed by atoms with Gasteiger partial charge in [-0.3, -0.25) is 0 Å². The summed E-state index contributed by atoms with van der Waals surface area (Å²) >= 11 is 3.37. The third kappa shape index (κ3) is 1.20. The second-order valence-corrected chi connectivity index (χ2v) is 3.58. The second kappa shape index (κ2) is 2.83. The van der Waals surface area contributed by atoms with E-state index in [-0.39, 0.29) is 0 Å². The third-order valence-electron chi connectivity index (χ3n) is 1.85. The summed E-state index contributed by atoms with van der Waals surface area (Å²) in [6, 6.07) is 5.76. The quantitative estimate of drug-likeness (QED) is 0.712. The van der Waals surface area contributed by atoms with Crippen molar-refractivity contribution in [1.29, 1.82) is 0 Å². The molecule has 0 saturated carbocycles. The summed E-state index contributed by atoms with van der Waals surface area (Å²) in [6.07, 6.45) is 1.76. The molecule has 0 amide bonds. The number of rotatable bonds is 0. The average Bonchev–Trinajstić information content (AvgIpc) is 2.04. The zero-order valence-corrected chi connectivity index (χ0v) is 7.93. The summed E-state index contributed by atoms with van der Waals surface area (Å²) in [5, 5.41) is 12.6. The van der Waals surface area contributed by atoms with E-state index in [4.69, 9.17) is 0 Å². The molecule has 62 valence electrons. The van der Waals surface area contributed by atoms with Crippen molar-refractivity contribution in [3.63, 3.8) is 0 Å². The molecule has 2 N–H and O–H groups in total. The van der Waals surface area contributed by atoms with Crippen molar-refractivity contribution in [3.05, 3.63) is 34.3 Å².